The molecule has 4 heteroatoms. The maximum absolute atomic E-state index is 12.5. The predicted molar refractivity (Wildman–Crippen MR) is 157 cm³/mol. The molecule has 2 aliphatic rings. The van der Waals surface area contributed by atoms with Gasteiger partial charge in [-0.2, -0.15) is 0 Å². The molecule has 4 aromatic carbocycles. The largest absolute Gasteiger partial charge is 0.508 e. The molecule has 2 fully saturated rings. The lowest BCUT2D eigenvalue weighted by atomic mass is 9.67. The van der Waals surface area contributed by atoms with Crippen LogP contribution in [-0.4, -0.2) is 32.6 Å². The molecule has 40 heavy (non-hydrogen) atoms. The number of phenols is 2. The zero-order valence-electron chi connectivity index (χ0n) is 22.7. The van der Waals surface area contributed by atoms with Gasteiger partial charge in [-0.3, -0.25) is 0 Å². The van der Waals surface area contributed by atoms with Crippen molar-refractivity contribution in [1.29, 1.82) is 0 Å². The van der Waals surface area contributed by atoms with Gasteiger partial charge in [0.05, 0.1) is 12.2 Å². The standard InChI is InChI=1S/C36H38O4/c37-28-18-14-26(15-19-28)30(24-10-4-1-5-11-24)32-33(35(40)36(34(32)39)22-8-3-9-23-36)31(25-12-6-2-7-13-25)27-16-20-29(38)21-17-27/h1-2,4-7,10-21,30-35,37-40H,3,8-9,22-23H2. The first-order chi connectivity index (χ1) is 19.5. The van der Waals surface area contributed by atoms with Crippen molar-refractivity contribution in [3.63, 3.8) is 0 Å². The number of hydrogen-bond donors (Lipinski definition) is 4. The summed E-state index contributed by atoms with van der Waals surface area (Å²) in [5.74, 6) is -0.566. The molecular formula is C36H38O4. The number of hydrogen-bond acceptors (Lipinski definition) is 4. The molecule has 0 aromatic heterocycles. The smallest absolute Gasteiger partial charge is 0.115 e. The van der Waals surface area contributed by atoms with Gasteiger partial charge in [-0.25, -0.2) is 0 Å². The summed E-state index contributed by atoms with van der Waals surface area (Å²) in [7, 11) is 0. The van der Waals surface area contributed by atoms with Crippen LogP contribution in [0.15, 0.2) is 109 Å². The molecule has 4 aromatic rings. The van der Waals surface area contributed by atoms with Gasteiger partial charge in [0.1, 0.15) is 11.5 Å². The molecule has 2 saturated carbocycles. The Bertz CT molecular complexity index is 1280. The highest BCUT2D eigenvalue weighted by Gasteiger charge is 2.63. The van der Waals surface area contributed by atoms with Crippen molar-refractivity contribution in [2.75, 3.05) is 0 Å². The average Bonchev–Trinajstić information content (AvgIpc) is 3.18. The van der Waals surface area contributed by atoms with Gasteiger partial charge in [0, 0.05) is 29.1 Å². The Morgan fingerprint density at radius 2 is 0.825 bits per heavy atom. The van der Waals surface area contributed by atoms with Gasteiger partial charge in [0.25, 0.3) is 0 Å². The third-order valence-corrected chi connectivity index (χ3v) is 9.73. The van der Waals surface area contributed by atoms with E-state index in [1.165, 1.54) is 0 Å². The van der Waals surface area contributed by atoms with Gasteiger partial charge in [-0.05, 0) is 59.4 Å². The monoisotopic (exact) mass is 534 g/mol. The molecular weight excluding hydrogens is 496 g/mol. The Kier molecular flexibility index (Phi) is 7.39. The molecule has 4 nitrogen and oxygen atoms in total. The second kappa shape index (κ2) is 11.1. The Balaban J connectivity index is 1.59. The summed E-state index contributed by atoms with van der Waals surface area (Å²) in [4.78, 5) is 0. The van der Waals surface area contributed by atoms with E-state index in [1.54, 1.807) is 24.3 Å². The number of rotatable bonds is 6. The van der Waals surface area contributed by atoms with Crippen LogP contribution in [0.3, 0.4) is 0 Å². The van der Waals surface area contributed by atoms with E-state index in [0.29, 0.717) is 0 Å². The second-order valence-electron chi connectivity index (χ2n) is 11.8. The van der Waals surface area contributed by atoms with Crippen molar-refractivity contribution in [3.05, 3.63) is 131 Å². The van der Waals surface area contributed by atoms with E-state index in [2.05, 4.69) is 24.3 Å². The second-order valence-corrected chi connectivity index (χ2v) is 11.8. The summed E-state index contributed by atoms with van der Waals surface area (Å²) < 4.78 is 0. The van der Waals surface area contributed by atoms with Gasteiger partial charge in [0.15, 0.2) is 0 Å². The van der Waals surface area contributed by atoms with Crippen molar-refractivity contribution in [1.82, 2.24) is 0 Å². The number of benzene rings is 4. The normalized spacial score (nSPS) is 25.4. The maximum atomic E-state index is 12.5. The van der Waals surface area contributed by atoms with Gasteiger partial charge >= 0.3 is 0 Å². The van der Waals surface area contributed by atoms with Crippen LogP contribution in [0.4, 0.5) is 0 Å². The summed E-state index contributed by atoms with van der Waals surface area (Å²) >= 11 is 0. The summed E-state index contributed by atoms with van der Waals surface area (Å²) in [5.41, 5.74) is 3.60. The summed E-state index contributed by atoms with van der Waals surface area (Å²) in [6.07, 6.45) is 3.30. The molecule has 6 rings (SSSR count). The molecule has 1 spiro atoms. The van der Waals surface area contributed by atoms with E-state index in [-0.39, 0.29) is 35.2 Å². The molecule has 6 unspecified atom stereocenters. The Morgan fingerprint density at radius 3 is 1.20 bits per heavy atom. The van der Waals surface area contributed by atoms with Crippen LogP contribution in [0, 0.1) is 17.3 Å². The first-order valence-corrected chi connectivity index (χ1v) is 14.5. The first kappa shape index (κ1) is 26.6. The van der Waals surface area contributed by atoms with Gasteiger partial charge in [-0.1, -0.05) is 104 Å². The van der Waals surface area contributed by atoms with Gasteiger partial charge < -0.3 is 20.4 Å². The molecule has 0 radical (unpaired) electrons. The Labute approximate surface area is 236 Å². The SMILES string of the molecule is Oc1ccc(C(c2ccccc2)C2C(C(c3ccccc3)c3ccc(O)cc3)C(O)C3(CCCCC3)C2O)cc1. The van der Waals surface area contributed by atoms with Crippen molar-refractivity contribution in [3.8, 4) is 11.5 Å². The van der Waals surface area contributed by atoms with Crippen LogP contribution in [0.2, 0.25) is 0 Å². The van der Waals surface area contributed by atoms with Crippen molar-refractivity contribution >= 4 is 0 Å². The fraction of sp³-hybridized carbons (Fsp3) is 0.333. The molecule has 2 aliphatic carbocycles. The van der Waals surface area contributed by atoms with E-state index < -0.39 is 17.6 Å². The third kappa shape index (κ3) is 4.70. The van der Waals surface area contributed by atoms with Crippen LogP contribution < -0.4 is 0 Å². The zero-order chi connectivity index (χ0) is 27.7. The summed E-state index contributed by atoms with van der Waals surface area (Å²) in [6.45, 7) is 0. The van der Waals surface area contributed by atoms with Crippen LogP contribution in [-0.2, 0) is 0 Å². The lowest BCUT2D eigenvalue weighted by Crippen LogP contribution is -2.43. The Hall–Kier alpha value is -3.60. The quantitative estimate of drug-likeness (QED) is 0.215. The zero-order valence-corrected chi connectivity index (χ0v) is 22.7. The predicted octanol–water partition coefficient (Wildman–Crippen LogP) is 6.98. The van der Waals surface area contributed by atoms with Crippen LogP contribution in [0.1, 0.15) is 66.2 Å². The van der Waals surface area contributed by atoms with Crippen molar-refractivity contribution < 1.29 is 20.4 Å². The fourth-order valence-corrected chi connectivity index (χ4v) is 7.93. The maximum Gasteiger partial charge on any atom is 0.115 e. The van der Waals surface area contributed by atoms with E-state index in [4.69, 9.17) is 0 Å². The third-order valence-electron chi connectivity index (χ3n) is 9.73. The average molecular weight is 535 g/mol. The topological polar surface area (TPSA) is 80.9 Å². The van der Waals surface area contributed by atoms with Crippen molar-refractivity contribution in [2.24, 2.45) is 17.3 Å². The molecule has 0 saturated heterocycles. The fourth-order valence-electron chi connectivity index (χ4n) is 7.93. The molecule has 0 bridgehead atoms. The van der Waals surface area contributed by atoms with Crippen LogP contribution in [0.25, 0.3) is 0 Å². The number of phenolic OH excluding ortho intramolecular Hbond substituents is 2. The summed E-state index contributed by atoms with van der Waals surface area (Å²) in [6, 6.07) is 35.2. The molecule has 0 aliphatic heterocycles. The lowest BCUT2D eigenvalue weighted by molar-refractivity contribution is -0.0621. The van der Waals surface area contributed by atoms with Crippen molar-refractivity contribution in [2.45, 2.75) is 56.1 Å². The Morgan fingerprint density at radius 1 is 0.475 bits per heavy atom. The number of aromatic hydroxyl groups is 2. The first-order valence-electron chi connectivity index (χ1n) is 14.5. The van der Waals surface area contributed by atoms with Crippen LogP contribution >= 0.6 is 0 Å². The van der Waals surface area contributed by atoms with E-state index in [0.717, 1.165) is 54.4 Å². The molecule has 0 amide bonds. The minimum atomic E-state index is -0.713. The highest BCUT2D eigenvalue weighted by Crippen LogP contribution is 2.62. The van der Waals surface area contributed by atoms with Crippen LogP contribution in [0.5, 0.6) is 11.5 Å². The minimum Gasteiger partial charge on any atom is -0.508 e. The minimum absolute atomic E-state index is 0.193. The number of aliphatic hydroxyl groups excluding tert-OH is 2. The van der Waals surface area contributed by atoms with E-state index in [9.17, 15) is 20.4 Å². The highest BCUT2D eigenvalue weighted by atomic mass is 16.3. The van der Waals surface area contributed by atoms with E-state index in [1.807, 2.05) is 60.7 Å². The molecule has 4 N–H and O–H groups in total. The molecule has 6 atom stereocenters. The lowest BCUT2D eigenvalue weighted by Gasteiger charge is -2.41. The summed E-state index contributed by atoms with van der Waals surface area (Å²) in [5, 5.41) is 45.2. The molecule has 0 heterocycles. The highest BCUT2D eigenvalue weighted by molar-refractivity contribution is 5.42. The van der Waals surface area contributed by atoms with Gasteiger partial charge in [0.2, 0.25) is 0 Å². The molecule has 206 valence electrons. The van der Waals surface area contributed by atoms with Gasteiger partial charge in [-0.15, -0.1) is 0 Å². The number of aliphatic hydroxyl groups is 2. The van der Waals surface area contributed by atoms with E-state index >= 15 is 0 Å².